The minimum absolute atomic E-state index is 0.0277. The van der Waals surface area contributed by atoms with E-state index >= 15 is 0 Å². The van der Waals surface area contributed by atoms with Gasteiger partial charge in [0.15, 0.2) is 11.0 Å². The average Bonchev–Trinajstić information content (AvgIpc) is 2.93. The monoisotopic (exact) mass is 342 g/mol. The van der Waals surface area contributed by atoms with E-state index in [0.29, 0.717) is 18.8 Å². The summed E-state index contributed by atoms with van der Waals surface area (Å²) in [5.74, 6) is 1.13. The summed E-state index contributed by atoms with van der Waals surface area (Å²) in [7, 11) is 1.91. The summed E-state index contributed by atoms with van der Waals surface area (Å²) in [5.41, 5.74) is 2.19. The van der Waals surface area contributed by atoms with Crippen LogP contribution in [0.15, 0.2) is 54.7 Å². The van der Waals surface area contributed by atoms with E-state index in [1.807, 2.05) is 36.7 Å². The molecular formula is C18H22N4OS. The Hall–Kier alpha value is -2.34. The number of rotatable bonds is 8. The standard InChI is InChI=1S/C18H22N4OS/c1-5-10-22(11-6-2)16(23)13-24-18-20-19-17(21(18)4)15-9-7-8-14(3)12-15/h5-9,12H,1-2,10-11,13H2,3-4H3. The Labute approximate surface area is 147 Å². The molecule has 0 spiro atoms. The first-order valence-electron chi connectivity index (χ1n) is 7.65. The van der Waals surface area contributed by atoms with Crippen LogP contribution in [0.4, 0.5) is 0 Å². The van der Waals surface area contributed by atoms with Gasteiger partial charge in [0.05, 0.1) is 5.75 Å². The number of thioether (sulfide) groups is 1. The lowest BCUT2D eigenvalue weighted by molar-refractivity contribution is -0.127. The molecule has 0 unspecified atom stereocenters. The van der Waals surface area contributed by atoms with Crippen LogP contribution < -0.4 is 0 Å². The summed E-state index contributed by atoms with van der Waals surface area (Å²) in [6, 6.07) is 8.12. The second kappa shape index (κ2) is 8.49. The molecule has 5 nitrogen and oxygen atoms in total. The highest BCUT2D eigenvalue weighted by molar-refractivity contribution is 7.99. The number of hydrogen-bond acceptors (Lipinski definition) is 4. The average molecular weight is 342 g/mol. The lowest BCUT2D eigenvalue weighted by atomic mass is 10.1. The van der Waals surface area contributed by atoms with E-state index < -0.39 is 0 Å². The van der Waals surface area contributed by atoms with Crippen LogP contribution in [-0.2, 0) is 11.8 Å². The van der Waals surface area contributed by atoms with Gasteiger partial charge in [-0.3, -0.25) is 4.79 Å². The molecule has 24 heavy (non-hydrogen) atoms. The Bertz CT molecular complexity index is 728. The normalized spacial score (nSPS) is 10.4. The van der Waals surface area contributed by atoms with Gasteiger partial charge in [0.2, 0.25) is 5.91 Å². The van der Waals surface area contributed by atoms with E-state index in [9.17, 15) is 4.79 Å². The summed E-state index contributed by atoms with van der Waals surface area (Å²) < 4.78 is 1.91. The van der Waals surface area contributed by atoms with Crippen molar-refractivity contribution < 1.29 is 4.79 Å². The summed E-state index contributed by atoms with van der Waals surface area (Å²) in [6.07, 6.45) is 3.43. The van der Waals surface area contributed by atoms with Crippen LogP contribution in [0.2, 0.25) is 0 Å². The Morgan fingerprint density at radius 3 is 2.62 bits per heavy atom. The van der Waals surface area contributed by atoms with Crippen molar-refractivity contribution in [1.82, 2.24) is 19.7 Å². The fourth-order valence-electron chi connectivity index (χ4n) is 2.28. The highest BCUT2D eigenvalue weighted by atomic mass is 32.2. The lowest BCUT2D eigenvalue weighted by Gasteiger charge is -2.18. The number of aryl methyl sites for hydroxylation is 1. The maximum Gasteiger partial charge on any atom is 0.233 e. The first-order chi connectivity index (χ1) is 11.6. The van der Waals surface area contributed by atoms with Crippen molar-refractivity contribution >= 4 is 17.7 Å². The molecule has 1 heterocycles. The van der Waals surface area contributed by atoms with Gasteiger partial charge in [0, 0.05) is 25.7 Å². The SMILES string of the molecule is C=CCN(CC=C)C(=O)CSc1nnc(-c2cccc(C)c2)n1C. The summed E-state index contributed by atoms with van der Waals surface area (Å²) in [5, 5.41) is 9.19. The van der Waals surface area contributed by atoms with E-state index in [2.05, 4.69) is 29.4 Å². The summed E-state index contributed by atoms with van der Waals surface area (Å²) in [4.78, 5) is 14.0. The van der Waals surface area contributed by atoms with E-state index in [4.69, 9.17) is 0 Å². The third kappa shape index (κ3) is 4.35. The quantitative estimate of drug-likeness (QED) is 0.546. The van der Waals surface area contributed by atoms with Crippen molar-refractivity contribution in [2.75, 3.05) is 18.8 Å². The molecule has 2 rings (SSSR count). The lowest BCUT2D eigenvalue weighted by Crippen LogP contribution is -2.32. The molecule has 2 aromatic rings. The van der Waals surface area contributed by atoms with Crippen molar-refractivity contribution in [3.63, 3.8) is 0 Å². The molecule has 0 aliphatic rings. The zero-order chi connectivity index (χ0) is 17.5. The molecule has 0 atom stereocenters. The van der Waals surface area contributed by atoms with Crippen molar-refractivity contribution in [2.24, 2.45) is 7.05 Å². The van der Waals surface area contributed by atoms with E-state index in [-0.39, 0.29) is 5.91 Å². The zero-order valence-corrected chi connectivity index (χ0v) is 14.9. The molecule has 1 aromatic heterocycles. The van der Waals surface area contributed by atoms with E-state index in [1.165, 1.54) is 17.3 Å². The van der Waals surface area contributed by atoms with Gasteiger partial charge in [-0.1, -0.05) is 47.7 Å². The predicted molar refractivity (Wildman–Crippen MR) is 98.9 cm³/mol. The van der Waals surface area contributed by atoms with Gasteiger partial charge in [-0.25, -0.2) is 0 Å². The fourth-order valence-corrected chi connectivity index (χ4v) is 3.10. The number of carbonyl (C=O) groups is 1. The molecule has 0 N–H and O–H groups in total. The van der Waals surface area contributed by atoms with Crippen LogP contribution in [0.3, 0.4) is 0 Å². The maximum atomic E-state index is 12.3. The van der Waals surface area contributed by atoms with Crippen molar-refractivity contribution in [3.8, 4) is 11.4 Å². The molecule has 0 fully saturated rings. The fraction of sp³-hybridized carbons (Fsp3) is 0.278. The number of hydrogen-bond donors (Lipinski definition) is 0. The topological polar surface area (TPSA) is 51.0 Å². The maximum absolute atomic E-state index is 12.3. The number of amides is 1. The first kappa shape index (κ1) is 18.0. The van der Waals surface area contributed by atoms with Gasteiger partial charge in [-0.05, 0) is 13.0 Å². The smallest absolute Gasteiger partial charge is 0.233 e. The number of aromatic nitrogens is 3. The molecule has 0 aliphatic carbocycles. The Morgan fingerprint density at radius 1 is 1.29 bits per heavy atom. The number of nitrogens with zero attached hydrogens (tertiary/aromatic N) is 4. The number of carbonyl (C=O) groups excluding carboxylic acids is 1. The molecular weight excluding hydrogens is 320 g/mol. The second-order valence-electron chi connectivity index (χ2n) is 5.40. The third-order valence-electron chi connectivity index (χ3n) is 3.49. The minimum Gasteiger partial charge on any atom is -0.335 e. The van der Waals surface area contributed by atoms with E-state index in [0.717, 1.165) is 16.5 Å². The Morgan fingerprint density at radius 2 is 2.00 bits per heavy atom. The van der Waals surface area contributed by atoms with Crippen LogP contribution in [0.5, 0.6) is 0 Å². The van der Waals surface area contributed by atoms with E-state index in [1.54, 1.807) is 17.1 Å². The first-order valence-corrected chi connectivity index (χ1v) is 8.64. The molecule has 0 aliphatic heterocycles. The van der Waals surface area contributed by atoms with Crippen molar-refractivity contribution in [3.05, 3.63) is 55.1 Å². The Balaban J connectivity index is 2.07. The van der Waals surface area contributed by atoms with Gasteiger partial charge < -0.3 is 9.47 Å². The predicted octanol–water partition coefficient (Wildman–Crippen LogP) is 3.08. The molecule has 6 heteroatoms. The highest BCUT2D eigenvalue weighted by Crippen LogP contribution is 2.23. The summed E-state index contributed by atoms with van der Waals surface area (Å²) >= 11 is 1.38. The molecule has 1 aromatic carbocycles. The highest BCUT2D eigenvalue weighted by Gasteiger charge is 2.15. The van der Waals surface area contributed by atoms with Crippen LogP contribution in [0.25, 0.3) is 11.4 Å². The van der Waals surface area contributed by atoms with Gasteiger partial charge in [-0.15, -0.1) is 23.4 Å². The van der Waals surface area contributed by atoms with Crippen LogP contribution >= 0.6 is 11.8 Å². The molecule has 126 valence electrons. The molecule has 0 radical (unpaired) electrons. The van der Waals surface area contributed by atoms with Gasteiger partial charge >= 0.3 is 0 Å². The van der Waals surface area contributed by atoms with Gasteiger partial charge in [0.1, 0.15) is 0 Å². The minimum atomic E-state index is 0.0277. The molecule has 0 saturated heterocycles. The van der Waals surface area contributed by atoms with Crippen LogP contribution in [0, 0.1) is 6.92 Å². The third-order valence-corrected chi connectivity index (χ3v) is 4.49. The second-order valence-corrected chi connectivity index (χ2v) is 6.34. The Kier molecular flexibility index (Phi) is 6.37. The molecule has 1 amide bonds. The van der Waals surface area contributed by atoms with Gasteiger partial charge in [0.25, 0.3) is 0 Å². The molecule has 0 bridgehead atoms. The van der Waals surface area contributed by atoms with Gasteiger partial charge in [-0.2, -0.15) is 0 Å². The summed E-state index contributed by atoms with van der Waals surface area (Å²) in [6.45, 7) is 10.4. The van der Waals surface area contributed by atoms with Crippen molar-refractivity contribution in [2.45, 2.75) is 12.1 Å². The molecule has 0 saturated carbocycles. The van der Waals surface area contributed by atoms with Crippen molar-refractivity contribution in [1.29, 1.82) is 0 Å². The number of benzene rings is 1. The van der Waals surface area contributed by atoms with Crippen LogP contribution in [0.1, 0.15) is 5.56 Å². The van der Waals surface area contributed by atoms with Crippen LogP contribution in [-0.4, -0.2) is 44.4 Å². The zero-order valence-electron chi connectivity index (χ0n) is 14.1. The largest absolute Gasteiger partial charge is 0.335 e.